The predicted molar refractivity (Wildman–Crippen MR) is 68.1 cm³/mol. The van der Waals surface area contributed by atoms with Gasteiger partial charge in [-0.3, -0.25) is 14.9 Å². The van der Waals surface area contributed by atoms with Crippen LogP contribution in [0.25, 0.3) is 0 Å². The Morgan fingerprint density at radius 2 is 2.37 bits per heavy atom. The fourth-order valence-corrected chi connectivity index (χ4v) is 1.54. The van der Waals surface area contributed by atoms with Gasteiger partial charge in [0.05, 0.1) is 24.2 Å². The highest BCUT2D eigenvalue weighted by Crippen LogP contribution is 2.02. The lowest BCUT2D eigenvalue weighted by Gasteiger charge is -2.13. The lowest BCUT2D eigenvalue weighted by Crippen LogP contribution is -2.35. The number of ether oxygens (including phenoxy) is 1. The third kappa shape index (κ3) is 4.78. The van der Waals surface area contributed by atoms with Gasteiger partial charge in [0, 0.05) is 32.5 Å². The van der Waals surface area contributed by atoms with Crippen LogP contribution in [0.2, 0.25) is 0 Å². The van der Waals surface area contributed by atoms with Crippen LogP contribution in [0.15, 0.2) is 23.1 Å². The molecule has 0 spiro atoms. The van der Waals surface area contributed by atoms with E-state index in [2.05, 4.69) is 5.32 Å². The molecule has 0 aliphatic carbocycles. The zero-order valence-corrected chi connectivity index (χ0v) is 10.6. The number of nitro groups is 1. The standard InChI is InChI=1S/C11H17N3O5/c1-19-6-4-12-7-9(15)8-13-5-2-3-10(11(13)16)14(17)18/h2-3,5,9,12,15H,4,6-8H2,1H3. The smallest absolute Gasteiger partial charge is 0.334 e. The first-order valence-corrected chi connectivity index (χ1v) is 5.77. The zero-order valence-electron chi connectivity index (χ0n) is 10.6. The zero-order chi connectivity index (χ0) is 14.3. The summed E-state index contributed by atoms with van der Waals surface area (Å²) in [4.78, 5) is 21.6. The molecule has 0 saturated carbocycles. The molecular formula is C11H17N3O5. The molecule has 0 aliphatic heterocycles. The van der Waals surface area contributed by atoms with Crippen LogP contribution in [-0.4, -0.2) is 47.5 Å². The van der Waals surface area contributed by atoms with E-state index in [9.17, 15) is 20.0 Å². The Morgan fingerprint density at radius 1 is 1.63 bits per heavy atom. The number of hydrogen-bond acceptors (Lipinski definition) is 6. The van der Waals surface area contributed by atoms with E-state index in [-0.39, 0.29) is 13.1 Å². The second-order valence-corrected chi connectivity index (χ2v) is 3.96. The van der Waals surface area contributed by atoms with Gasteiger partial charge in [0.15, 0.2) is 0 Å². The molecule has 0 amide bonds. The topological polar surface area (TPSA) is 107 Å². The minimum atomic E-state index is -0.809. The number of rotatable bonds is 8. The first-order valence-electron chi connectivity index (χ1n) is 5.77. The minimum Gasteiger partial charge on any atom is -0.390 e. The second kappa shape index (κ2) is 7.62. The van der Waals surface area contributed by atoms with E-state index in [0.717, 1.165) is 10.6 Å². The molecule has 0 radical (unpaired) electrons. The summed E-state index contributed by atoms with van der Waals surface area (Å²) in [6, 6.07) is 2.55. The van der Waals surface area contributed by atoms with Crippen molar-refractivity contribution < 1.29 is 14.8 Å². The van der Waals surface area contributed by atoms with Crippen LogP contribution in [0.5, 0.6) is 0 Å². The molecule has 1 rings (SSSR count). The third-order valence-electron chi connectivity index (χ3n) is 2.47. The van der Waals surface area contributed by atoms with Gasteiger partial charge in [-0.2, -0.15) is 0 Å². The highest BCUT2D eigenvalue weighted by atomic mass is 16.6. The van der Waals surface area contributed by atoms with Crippen molar-refractivity contribution in [2.24, 2.45) is 0 Å². The van der Waals surface area contributed by atoms with Gasteiger partial charge in [-0.05, 0) is 6.07 Å². The fourth-order valence-electron chi connectivity index (χ4n) is 1.54. The fraction of sp³-hybridized carbons (Fsp3) is 0.545. The van der Waals surface area contributed by atoms with E-state index in [4.69, 9.17) is 4.74 Å². The molecule has 0 saturated heterocycles. The molecule has 8 nitrogen and oxygen atoms in total. The van der Waals surface area contributed by atoms with Crippen LogP contribution in [0.3, 0.4) is 0 Å². The average Bonchev–Trinajstić information content (AvgIpc) is 2.37. The first kappa shape index (κ1) is 15.3. The van der Waals surface area contributed by atoms with Gasteiger partial charge < -0.3 is 19.7 Å². The summed E-state index contributed by atoms with van der Waals surface area (Å²) in [7, 11) is 1.57. The number of nitrogens with one attached hydrogen (secondary N) is 1. The van der Waals surface area contributed by atoms with Crippen molar-refractivity contribution in [1.29, 1.82) is 0 Å². The molecule has 1 heterocycles. The summed E-state index contributed by atoms with van der Waals surface area (Å²) in [6.45, 7) is 1.37. The molecular weight excluding hydrogens is 254 g/mol. The van der Waals surface area contributed by atoms with E-state index in [1.807, 2.05) is 0 Å². The first-order chi connectivity index (χ1) is 9.06. The maximum atomic E-state index is 11.7. The Hall–Kier alpha value is -1.77. The van der Waals surface area contributed by atoms with Crippen LogP contribution < -0.4 is 10.9 Å². The largest absolute Gasteiger partial charge is 0.390 e. The van der Waals surface area contributed by atoms with E-state index in [1.54, 1.807) is 7.11 Å². The molecule has 19 heavy (non-hydrogen) atoms. The van der Waals surface area contributed by atoms with Gasteiger partial charge in [0.2, 0.25) is 0 Å². The number of nitrogens with zero attached hydrogens (tertiary/aromatic N) is 2. The van der Waals surface area contributed by atoms with Crippen molar-refractivity contribution >= 4 is 5.69 Å². The Bertz CT molecular complexity index is 474. The Labute approximate surface area is 109 Å². The van der Waals surface area contributed by atoms with E-state index >= 15 is 0 Å². The van der Waals surface area contributed by atoms with Crippen molar-refractivity contribution in [3.8, 4) is 0 Å². The van der Waals surface area contributed by atoms with Crippen molar-refractivity contribution in [3.63, 3.8) is 0 Å². The molecule has 0 aromatic carbocycles. The van der Waals surface area contributed by atoms with Crippen LogP contribution in [0, 0.1) is 10.1 Å². The number of methoxy groups -OCH3 is 1. The maximum absolute atomic E-state index is 11.7. The summed E-state index contributed by atoms with van der Waals surface area (Å²) in [5.41, 5.74) is -1.22. The average molecular weight is 271 g/mol. The number of aliphatic hydroxyl groups is 1. The molecule has 0 aliphatic rings. The third-order valence-corrected chi connectivity index (χ3v) is 2.47. The molecule has 0 bridgehead atoms. The second-order valence-electron chi connectivity index (χ2n) is 3.96. The SMILES string of the molecule is COCCNCC(O)Cn1cccc([N+](=O)[O-])c1=O. The van der Waals surface area contributed by atoms with Crippen LogP contribution in [0.1, 0.15) is 0 Å². The number of aromatic nitrogens is 1. The summed E-state index contributed by atoms with van der Waals surface area (Å²) < 4.78 is 5.95. The molecule has 1 aromatic heterocycles. The minimum absolute atomic E-state index is 0.000492. The quantitative estimate of drug-likeness (QED) is 0.370. The van der Waals surface area contributed by atoms with Gasteiger partial charge >= 0.3 is 11.2 Å². The molecule has 1 unspecified atom stereocenters. The molecule has 8 heteroatoms. The Balaban J connectivity index is 2.59. The number of aliphatic hydroxyl groups excluding tert-OH is 1. The molecule has 1 aromatic rings. The van der Waals surface area contributed by atoms with Crippen molar-refractivity contribution in [3.05, 3.63) is 38.8 Å². The molecule has 106 valence electrons. The number of hydrogen-bond donors (Lipinski definition) is 2. The van der Waals surface area contributed by atoms with Crippen LogP contribution in [-0.2, 0) is 11.3 Å². The van der Waals surface area contributed by atoms with E-state index in [0.29, 0.717) is 13.2 Å². The summed E-state index contributed by atoms with van der Waals surface area (Å²) in [6.07, 6.45) is 0.602. The van der Waals surface area contributed by atoms with Crippen molar-refractivity contribution in [1.82, 2.24) is 9.88 Å². The Kier molecular flexibility index (Phi) is 6.13. The predicted octanol–water partition coefficient (Wildman–Crippen LogP) is -0.647. The highest BCUT2D eigenvalue weighted by molar-refractivity contribution is 5.25. The van der Waals surface area contributed by atoms with Crippen LogP contribution in [0.4, 0.5) is 5.69 Å². The van der Waals surface area contributed by atoms with E-state index < -0.39 is 22.3 Å². The molecule has 0 fully saturated rings. The Morgan fingerprint density at radius 3 is 3.00 bits per heavy atom. The molecule has 1 atom stereocenters. The summed E-state index contributed by atoms with van der Waals surface area (Å²) >= 11 is 0. The summed E-state index contributed by atoms with van der Waals surface area (Å²) in [5, 5.41) is 23.3. The number of pyridine rings is 1. The maximum Gasteiger partial charge on any atom is 0.334 e. The van der Waals surface area contributed by atoms with Gasteiger partial charge in [-0.25, -0.2) is 0 Å². The van der Waals surface area contributed by atoms with Crippen molar-refractivity contribution in [2.75, 3.05) is 26.8 Å². The lowest BCUT2D eigenvalue weighted by atomic mass is 10.3. The van der Waals surface area contributed by atoms with Crippen LogP contribution >= 0.6 is 0 Å². The van der Waals surface area contributed by atoms with Gasteiger partial charge in [0.25, 0.3) is 0 Å². The van der Waals surface area contributed by atoms with Gasteiger partial charge in [0.1, 0.15) is 0 Å². The highest BCUT2D eigenvalue weighted by Gasteiger charge is 2.15. The lowest BCUT2D eigenvalue weighted by molar-refractivity contribution is -0.386. The normalized spacial score (nSPS) is 12.3. The van der Waals surface area contributed by atoms with Gasteiger partial charge in [-0.1, -0.05) is 0 Å². The summed E-state index contributed by atoms with van der Waals surface area (Å²) in [5.74, 6) is 0. The van der Waals surface area contributed by atoms with E-state index in [1.165, 1.54) is 12.3 Å². The van der Waals surface area contributed by atoms with Crippen molar-refractivity contribution in [2.45, 2.75) is 12.6 Å². The molecule has 2 N–H and O–H groups in total. The van der Waals surface area contributed by atoms with Gasteiger partial charge in [-0.15, -0.1) is 0 Å². The monoisotopic (exact) mass is 271 g/mol.